The molecule has 2 rings (SSSR count). The molecule has 8 heteroatoms. The molecule has 0 unspecified atom stereocenters. The van der Waals surface area contributed by atoms with Gasteiger partial charge in [-0.25, -0.2) is 9.59 Å². The quantitative estimate of drug-likeness (QED) is 0.536. The van der Waals surface area contributed by atoms with Gasteiger partial charge in [-0.15, -0.1) is 0 Å². The number of unbranched alkanes of at least 4 members (excludes halogenated alkanes) is 2. The molecular weight excluding hydrogens is 374 g/mol. The molecule has 2 aliphatic rings. The van der Waals surface area contributed by atoms with E-state index in [1.165, 1.54) is 11.3 Å². The van der Waals surface area contributed by atoms with Crippen molar-refractivity contribution in [2.75, 3.05) is 32.8 Å². The maximum atomic E-state index is 12.5. The molecule has 2 saturated heterocycles. The third-order valence-electron chi connectivity index (χ3n) is 6.07. The Kier molecular flexibility index (Phi) is 9.70. The van der Waals surface area contributed by atoms with Crippen LogP contribution < -0.4 is 5.32 Å². The number of carboxylic acids is 1. The minimum absolute atomic E-state index is 0.108. The minimum atomic E-state index is -0.906. The van der Waals surface area contributed by atoms with Gasteiger partial charge in [-0.05, 0) is 58.4 Å². The first-order chi connectivity index (χ1) is 13.9. The number of ether oxygens (including phenoxy) is 1. The standard InChI is InChI=1S/C21H37N3O5/c1-3-29-21(28)23-14-10-17(11-15-23)8-5-4-6-12-22-16(2)19(25)24-13-7-9-18(24)20(26)27/h16-18,22H,3-15H2,1-2H3,(H,26,27)/t16-,18-/m0/s1. The van der Waals surface area contributed by atoms with Crippen molar-refractivity contribution in [1.29, 1.82) is 0 Å². The van der Waals surface area contributed by atoms with Gasteiger partial charge in [-0.1, -0.05) is 19.3 Å². The molecule has 0 spiro atoms. The van der Waals surface area contributed by atoms with E-state index >= 15 is 0 Å². The highest BCUT2D eigenvalue weighted by atomic mass is 16.6. The van der Waals surface area contributed by atoms with Crippen LogP contribution in [0.25, 0.3) is 0 Å². The SMILES string of the molecule is CCOC(=O)N1CCC(CCCCCN[C@@H](C)C(=O)N2CCC[C@H]2C(=O)O)CC1. The molecule has 0 aromatic heterocycles. The summed E-state index contributed by atoms with van der Waals surface area (Å²) in [4.78, 5) is 38.7. The van der Waals surface area contributed by atoms with Crippen molar-refractivity contribution in [3.05, 3.63) is 0 Å². The predicted octanol–water partition coefficient (Wildman–Crippen LogP) is 2.47. The predicted molar refractivity (Wildman–Crippen MR) is 110 cm³/mol. The summed E-state index contributed by atoms with van der Waals surface area (Å²) in [5.74, 6) is -0.336. The van der Waals surface area contributed by atoms with E-state index in [-0.39, 0.29) is 18.0 Å². The molecule has 0 bridgehead atoms. The van der Waals surface area contributed by atoms with Crippen molar-refractivity contribution in [3.63, 3.8) is 0 Å². The van der Waals surface area contributed by atoms with E-state index in [1.807, 2.05) is 13.8 Å². The maximum absolute atomic E-state index is 12.5. The average molecular weight is 412 g/mol. The number of carbonyl (C=O) groups excluding carboxylic acids is 2. The second kappa shape index (κ2) is 12.0. The number of aliphatic carboxylic acids is 1. The summed E-state index contributed by atoms with van der Waals surface area (Å²) in [6, 6.07) is -1.01. The molecule has 2 amide bonds. The molecular formula is C21H37N3O5. The van der Waals surface area contributed by atoms with Crippen molar-refractivity contribution in [2.45, 2.75) is 77.3 Å². The van der Waals surface area contributed by atoms with Crippen LogP contribution in [0.4, 0.5) is 4.79 Å². The second-order valence-electron chi connectivity index (χ2n) is 8.18. The Balaban J connectivity index is 1.53. The summed E-state index contributed by atoms with van der Waals surface area (Å²) in [5.41, 5.74) is 0. The van der Waals surface area contributed by atoms with Crippen LogP contribution in [0, 0.1) is 5.92 Å². The van der Waals surface area contributed by atoms with Crippen molar-refractivity contribution >= 4 is 18.0 Å². The van der Waals surface area contributed by atoms with Gasteiger partial charge in [0.25, 0.3) is 0 Å². The van der Waals surface area contributed by atoms with Crippen LogP contribution in [0.5, 0.6) is 0 Å². The Morgan fingerprint density at radius 2 is 1.83 bits per heavy atom. The number of nitrogens with one attached hydrogen (secondary N) is 1. The summed E-state index contributed by atoms with van der Waals surface area (Å²) in [6.07, 6.45) is 7.65. The summed E-state index contributed by atoms with van der Waals surface area (Å²) >= 11 is 0. The van der Waals surface area contributed by atoms with Gasteiger partial charge in [-0.3, -0.25) is 4.79 Å². The zero-order valence-electron chi connectivity index (χ0n) is 17.9. The number of hydrogen-bond donors (Lipinski definition) is 2. The van der Waals surface area contributed by atoms with E-state index in [0.717, 1.165) is 58.2 Å². The van der Waals surface area contributed by atoms with Crippen LogP contribution in [0.1, 0.15) is 65.2 Å². The lowest BCUT2D eigenvalue weighted by molar-refractivity contribution is -0.148. The fourth-order valence-electron chi connectivity index (χ4n) is 4.30. The largest absolute Gasteiger partial charge is 0.480 e. The van der Waals surface area contributed by atoms with E-state index < -0.39 is 12.0 Å². The highest BCUT2D eigenvalue weighted by molar-refractivity contribution is 5.87. The van der Waals surface area contributed by atoms with E-state index in [2.05, 4.69) is 5.32 Å². The Morgan fingerprint density at radius 3 is 2.48 bits per heavy atom. The van der Waals surface area contributed by atoms with Crippen LogP contribution in [0.3, 0.4) is 0 Å². The molecule has 8 nitrogen and oxygen atoms in total. The van der Waals surface area contributed by atoms with Crippen LogP contribution in [-0.4, -0.2) is 77.7 Å². The third kappa shape index (κ3) is 7.17. The smallest absolute Gasteiger partial charge is 0.409 e. The molecule has 0 radical (unpaired) electrons. The van der Waals surface area contributed by atoms with E-state index in [0.29, 0.717) is 25.5 Å². The van der Waals surface area contributed by atoms with Crippen LogP contribution in [-0.2, 0) is 14.3 Å². The molecule has 0 aliphatic carbocycles. The Labute approximate surface area is 173 Å². The number of carbonyl (C=O) groups is 3. The average Bonchev–Trinajstić information content (AvgIpc) is 3.20. The highest BCUT2D eigenvalue weighted by Gasteiger charge is 2.35. The topological polar surface area (TPSA) is 99.2 Å². The van der Waals surface area contributed by atoms with Gasteiger partial charge in [0, 0.05) is 19.6 Å². The number of likely N-dealkylation sites (tertiary alicyclic amines) is 2. The number of carboxylic acid groups (broad SMARTS) is 1. The highest BCUT2D eigenvalue weighted by Crippen LogP contribution is 2.23. The molecule has 0 aromatic carbocycles. The van der Waals surface area contributed by atoms with Gasteiger partial charge >= 0.3 is 12.1 Å². The lowest BCUT2D eigenvalue weighted by Gasteiger charge is -2.31. The fourth-order valence-corrected chi connectivity index (χ4v) is 4.30. The minimum Gasteiger partial charge on any atom is -0.480 e. The molecule has 2 heterocycles. The van der Waals surface area contributed by atoms with E-state index in [4.69, 9.17) is 4.74 Å². The van der Waals surface area contributed by atoms with Gasteiger partial charge in [0.05, 0.1) is 12.6 Å². The summed E-state index contributed by atoms with van der Waals surface area (Å²) in [7, 11) is 0. The number of amides is 2. The number of hydrogen-bond acceptors (Lipinski definition) is 5. The Hall–Kier alpha value is -1.83. The first-order valence-electron chi connectivity index (χ1n) is 11.1. The van der Waals surface area contributed by atoms with Crippen LogP contribution in [0.15, 0.2) is 0 Å². The monoisotopic (exact) mass is 411 g/mol. The van der Waals surface area contributed by atoms with Gasteiger partial charge in [0.15, 0.2) is 0 Å². The molecule has 0 saturated carbocycles. The molecule has 2 atom stereocenters. The van der Waals surface area contributed by atoms with Crippen molar-refractivity contribution < 1.29 is 24.2 Å². The van der Waals surface area contributed by atoms with Crippen molar-refractivity contribution in [1.82, 2.24) is 15.1 Å². The van der Waals surface area contributed by atoms with Crippen molar-refractivity contribution in [2.24, 2.45) is 5.92 Å². The summed E-state index contributed by atoms with van der Waals surface area (Å²) in [5, 5.41) is 12.5. The number of rotatable bonds is 10. The van der Waals surface area contributed by atoms with Gasteiger partial charge < -0.3 is 25.0 Å². The lowest BCUT2D eigenvalue weighted by Crippen LogP contribution is -2.49. The summed E-state index contributed by atoms with van der Waals surface area (Å²) in [6.45, 7) is 6.95. The number of piperidine rings is 1. The fraction of sp³-hybridized carbons (Fsp3) is 0.857. The van der Waals surface area contributed by atoms with Gasteiger partial charge in [0.2, 0.25) is 5.91 Å². The molecule has 2 N–H and O–H groups in total. The zero-order chi connectivity index (χ0) is 21.2. The van der Waals surface area contributed by atoms with Crippen LogP contribution in [0.2, 0.25) is 0 Å². The van der Waals surface area contributed by atoms with Gasteiger partial charge in [-0.2, -0.15) is 0 Å². The molecule has 2 fully saturated rings. The van der Waals surface area contributed by atoms with E-state index in [9.17, 15) is 19.5 Å². The zero-order valence-corrected chi connectivity index (χ0v) is 17.9. The first kappa shape index (κ1) is 23.4. The molecule has 29 heavy (non-hydrogen) atoms. The second-order valence-corrected chi connectivity index (χ2v) is 8.18. The van der Waals surface area contributed by atoms with Gasteiger partial charge in [0.1, 0.15) is 6.04 Å². The molecule has 0 aromatic rings. The number of nitrogens with zero attached hydrogens (tertiary/aromatic N) is 2. The Morgan fingerprint density at radius 1 is 1.10 bits per heavy atom. The first-order valence-corrected chi connectivity index (χ1v) is 11.1. The molecule has 166 valence electrons. The van der Waals surface area contributed by atoms with E-state index in [1.54, 1.807) is 4.90 Å². The Bertz CT molecular complexity index is 548. The third-order valence-corrected chi connectivity index (χ3v) is 6.07. The summed E-state index contributed by atoms with van der Waals surface area (Å²) < 4.78 is 5.05. The maximum Gasteiger partial charge on any atom is 0.409 e. The van der Waals surface area contributed by atoms with Crippen LogP contribution >= 0.6 is 0 Å². The lowest BCUT2D eigenvalue weighted by atomic mass is 9.91. The van der Waals surface area contributed by atoms with Crippen molar-refractivity contribution in [3.8, 4) is 0 Å². The molecule has 2 aliphatic heterocycles. The normalized spacial score (nSPS) is 21.2.